The highest BCUT2D eigenvalue weighted by Gasteiger charge is 2.36. The summed E-state index contributed by atoms with van der Waals surface area (Å²) in [7, 11) is 0. The van der Waals surface area contributed by atoms with Gasteiger partial charge in [0.15, 0.2) is 0 Å². The maximum atomic E-state index is 11.4. The number of nitrogens with one attached hydrogen (secondary N) is 1. The second kappa shape index (κ2) is 6.73. The van der Waals surface area contributed by atoms with E-state index in [1.54, 1.807) is 5.48 Å². The van der Waals surface area contributed by atoms with Crippen LogP contribution in [0.4, 0.5) is 0 Å². The third-order valence-electron chi connectivity index (χ3n) is 5.02. The first-order valence-electron chi connectivity index (χ1n) is 8.00. The Balaban J connectivity index is 1.65. The number of hydrogen-bond donors (Lipinski definition) is 3. The van der Waals surface area contributed by atoms with Crippen molar-refractivity contribution in [3.05, 3.63) is 29.1 Å². The fourth-order valence-electron chi connectivity index (χ4n) is 3.63. The first-order chi connectivity index (χ1) is 10.7. The normalized spacial score (nSPS) is 24.5. The number of nitrogens with zero attached hydrogens (tertiary/aromatic N) is 2. The van der Waals surface area contributed by atoms with Crippen LogP contribution < -0.4 is 5.48 Å². The highest BCUT2D eigenvalue weighted by atomic mass is 16.5. The summed E-state index contributed by atoms with van der Waals surface area (Å²) in [5.41, 5.74) is 4.19. The molecule has 1 amide bonds. The molecule has 120 valence electrons. The van der Waals surface area contributed by atoms with Gasteiger partial charge in [-0.25, -0.2) is 5.48 Å². The zero-order chi connectivity index (χ0) is 15.5. The zero-order valence-electron chi connectivity index (χ0n) is 12.7. The number of aromatic nitrogens is 1. The SMILES string of the molecule is O=C(NO)c1cnc2c(c1)CCN(C1CCC1CCCO)C2. The van der Waals surface area contributed by atoms with E-state index >= 15 is 0 Å². The summed E-state index contributed by atoms with van der Waals surface area (Å²) in [4.78, 5) is 18.3. The molecule has 1 saturated carbocycles. The van der Waals surface area contributed by atoms with Crippen molar-refractivity contribution >= 4 is 5.91 Å². The number of fused-ring (bicyclic) bond motifs is 1. The zero-order valence-corrected chi connectivity index (χ0v) is 12.7. The van der Waals surface area contributed by atoms with Crippen LogP contribution in [-0.4, -0.2) is 45.3 Å². The van der Waals surface area contributed by atoms with Crippen LogP contribution in [0.5, 0.6) is 0 Å². The molecule has 1 aliphatic heterocycles. The summed E-state index contributed by atoms with van der Waals surface area (Å²) >= 11 is 0. The molecule has 3 rings (SSSR count). The molecule has 0 bridgehead atoms. The largest absolute Gasteiger partial charge is 0.396 e. The molecule has 2 unspecified atom stereocenters. The van der Waals surface area contributed by atoms with Gasteiger partial charge in [-0.05, 0) is 49.7 Å². The minimum Gasteiger partial charge on any atom is -0.396 e. The Morgan fingerprint density at radius 2 is 2.32 bits per heavy atom. The molecule has 0 aromatic carbocycles. The van der Waals surface area contributed by atoms with Crippen LogP contribution in [0.2, 0.25) is 0 Å². The average molecular weight is 305 g/mol. The van der Waals surface area contributed by atoms with E-state index in [0.717, 1.165) is 43.6 Å². The molecular formula is C16H23N3O3. The van der Waals surface area contributed by atoms with Crippen LogP contribution >= 0.6 is 0 Å². The van der Waals surface area contributed by atoms with Gasteiger partial charge >= 0.3 is 0 Å². The van der Waals surface area contributed by atoms with Crippen LogP contribution in [0.1, 0.15) is 47.3 Å². The Morgan fingerprint density at radius 3 is 3.00 bits per heavy atom. The molecule has 1 fully saturated rings. The molecule has 0 saturated heterocycles. The van der Waals surface area contributed by atoms with Gasteiger partial charge in [-0.2, -0.15) is 0 Å². The molecule has 2 atom stereocenters. The van der Waals surface area contributed by atoms with E-state index in [2.05, 4.69) is 9.88 Å². The van der Waals surface area contributed by atoms with Gasteiger partial charge in [0, 0.05) is 31.9 Å². The fourth-order valence-corrected chi connectivity index (χ4v) is 3.63. The quantitative estimate of drug-likeness (QED) is 0.560. The topological polar surface area (TPSA) is 85.7 Å². The van der Waals surface area contributed by atoms with Gasteiger partial charge in [0.25, 0.3) is 5.91 Å². The van der Waals surface area contributed by atoms with E-state index < -0.39 is 5.91 Å². The summed E-state index contributed by atoms with van der Waals surface area (Å²) in [6, 6.07) is 2.44. The van der Waals surface area contributed by atoms with Crippen LogP contribution in [0.15, 0.2) is 12.3 Å². The molecule has 22 heavy (non-hydrogen) atoms. The van der Waals surface area contributed by atoms with Crippen molar-refractivity contribution in [2.24, 2.45) is 5.92 Å². The van der Waals surface area contributed by atoms with E-state index in [1.165, 1.54) is 19.0 Å². The predicted molar refractivity (Wildman–Crippen MR) is 80.4 cm³/mol. The van der Waals surface area contributed by atoms with Gasteiger partial charge in [0.1, 0.15) is 0 Å². The number of hydrogen-bond acceptors (Lipinski definition) is 5. The molecule has 6 nitrogen and oxygen atoms in total. The number of pyridine rings is 1. The predicted octanol–water partition coefficient (Wildman–Crippen LogP) is 1.11. The van der Waals surface area contributed by atoms with E-state index in [1.807, 2.05) is 6.07 Å². The van der Waals surface area contributed by atoms with Crippen LogP contribution in [0, 0.1) is 5.92 Å². The number of carbonyl (C=O) groups excluding carboxylic acids is 1. The number of aliphatic hydroxyl groups excluding tert-OH is 1. The molecule has 2 aliphatic rings. The third-order valence-corrected chi connectivity index (χ3v) is 5.02. The Hall–Kier alpha value is -1.50. The van der Waals surface area contributed by atoms with Gasteiger partial charge in [-0.3, -0.25) is 19.9 Å². The second-order valence-electron chi connectivity index (χ2n) is 6.26. The van der Waals surface area contributed by atoms with Crippen molar-refractivity contribution in [3.8, 4) is 0 Å². The minimum atomic E-state index is -0.513. The molecule has 1 aliphatic carbocycles. The smallest absolute Gasteiger partial charge is 0.276 e. The molecule has 0 radical (unpaired) electrons. The first kappa shape index (κ1) is 15.4. The second-order valence-corrected chi connectivity index (χ2v) is 6.26. The summed E-state index contributed by atoms with van der Waals surface area (Å²) in [6.07, 6.45) is 6.90. The Bertz CT molecular complexity index is 549. The number of rotatable bonds is 5. The van der Waals surface area contributed by atoms with Gasteiger partial charge in [0.05, 0.1) is 11.3 Å². The van der Waals surface area contributed by atoms with E-state index in [9.17, 15) is 4.79 Å². The summed E-state index contributed by atoms with van der Waals surface area (Å²) in [5, 5.41) is 17.7. The highest BCUT2D eigenvalue weighted by Crippen LogP contribution is 2.37. The van der Waals surface area contributed by atoms with Crippen molar-refractivity contribution in [1.82, 2.24) is 15.4 Å². The molecule has 3 N–H and O–H groups in total. The molecule has 2 heterocycles. The maximum absolute atomic E-state index is 11.4. The molecule has 1 aromatic heterocycles. The molecule has 6 heteroatoms. The van der Waals surface area contributed by atoms with Crippen molar-refractivity contribution in [1.29, 1.82) is 0 Å². The first-order valence-corrected chi connectivity index (χ1v) is 8.00. The lowest BCUT2D eigenvalue weighted by molar-refractivity contribution is 0.0417. The van der Waals surface area contributed by atoms with Gasteiger partial charge < -0.3 is 5.11 Å². The lowest BCUT2D eigenvalue weighted by Gasteiger charge is -2.46. The van der Waals surface area contributed by atoms with Crippen LogP contribution in [-0.2, 0) is 13.0 Å². The van der Waals surface area contributed by atoms with E-state index in [-0.39, 0.29) is 6.61 Å². The molecular weight excluding hydrogens is 282 g/mol. The van der Waals surface area contributed by atoms with Gasteiger partial charge in [-0.15, -0.1) is 0 Å². The van der Waals surface area contributed by atoms with Crippen LogP contribution in [0.25, 0.3) is 0 Å². The minimum absolute atomic E-state index is 0.281. The lowest BCUT2D eigenvalue weighted by atomic mass is 9.75. The molecule has 1 aromatic rings. The van der Waals surface area contributed by atoms with Gasteiger partial charge in [-0.1, -0.05) is 0 Å². The standard InChI is InChI=1S/C16H23N3O3/c20-7-1-2-11-3-4-15(11)19-6-5-12-8-13(16(21)18-22)9-17-14(12)10-19/h8-9,11,15,20,22H,1-7,10H2,(H,18,21). The maximum Gasteiger partial charge on any atom is 0.276 e. The molecule has 0 spiro atoms. The lowest BCUT2D eigenvalue weighted by Crippen LogP contribution is -2.49. The van der Waals surface area contributed by atoms with Crippen molar-refractivity contribution in [2.45, 2.75) is 44.7 Å². The van der Waals surface area contributed by atoms with E-state index in [0.29, 0.717) is 17.5 Å². The summed E-state index contributed by atoms with van der Waals surface area (Å²) < 4.78 is 0. The number of carbonyl (C=O) groups is 1. The van der Waals surface area contributed by atoms with Crippen molar-refractivity contribution in [3.63, 3.8) is 0 Å². The van der Waals surface area contributed by atoms with Crippen LogP contribution in [0.3, 0.4) is 0 Å². The number of hydroxylamine groups is 1. The Kier molecular flexibility index (Phi) is 4.71. The third kappa shape index (κ3) is 2.99. The fraction of sp³-hybridized carbons (Fsp3) is 0.625. The van der Waals surface area contributed by atoms with Gasteiger partial charge in [0.2, 0.25) is 0 Å². The Labute approximate surface area is 130 Å². The summed E-state index contributed by atoms with van der Waals surface area (Å²) in [5.74, 6) is 0.189. The number of amides is 1. The Morgan fingerprint density at radius 1 is 1.45 bits per heavy atom. The monoisotopic (exact) mass is 305 g/mol. The van der Waals surface area contributed by atoms with Crippen molar-refractivity contribution < 1.29 is 15.1 Å². The number of aliphatic hydroxyl groups is 1. The summed E-state index contributed by atoms with van der Waals surface area (Å²) in [6.45, 7) is 2.10. The van der Waals surface area contributed by atoms with Crippen molar-refractivity contribution in [2.75, 3.05) is 13.2 Å². The van der Waals surface area contributed by atoms with E-state index in [4.69, 9.17) is 10.3 Å². The average Bonchev–Trinajstić information content (AvgIpc) is 2.53. The highest BCUT2D eigenvalue weighted by molar-refractivity contribution is 5.93.